The third-order valence-corrected chi connectivity index (χ3v) is 2.11. The van der Waals surface area contributed by atoms with Crippen molar-refractivity contribution in [2.45, 2.75) is 32.7 Å². The quantitative estimate of drug-likeness (QED) is 0.294. The number of hydrogen-bond acceptors (Lipinski definition) is 2. The number of nitrogens with two attached hydrogens (primary N) is 1. The summed E-state index contributed by atoms with van der Waals surface area (Å²) < 4.78 is 0.549. The maximum Gasteiger partial charge on any atom is 0.108 e. The first kappa shape index (κ1) is 15.6. The number of nitrogens with one attached hydrogen (secondary N) is 1. The lowest BCUT2D eigenvalue weighted by Gasteiger charge is -2.23. The van der Waals surface area contributed by atoms with Crippen LogP contribution in [-0.2, 0) is 0 Å². The lowest BCUT2D eigenvalue weighted by molar-refractivity contribution is -0.901. The van der Waals surface area contributed by atoms with Gasteiger partial charge in [0.25, 0.3) is 0 Å². The predicted molar refractivity (Wildman–Crippen MR) is 53.5 cm³/mol. The van der Waals surface area contributed by atoms with Crippen molar-refractivity contribution < 1.29 is 17.0 Å². The molecule has 0 unspecified atom stereocenters. The maximum atomic E-state index is 5.80. The van der Waals surface area contributed by atoms with Crippen molar-refractivity contribution in [2.75, 3.05) is 27.2 Å². The SMILES string of the molecule is CCC(CC)NCC[N+](C)(C)N.[Cl-]. The van der Waals surface area contributed by atoms with Crippen LogP contribution in [0.1, 0.15) is 26.7 Å². The van der Waals surface area contributed by atoms with Crippen LogP contribution < -0.4 is 23.6 Å². The number of hydrogen-bond donors (Lipinski definition) is 2. The van der Waals surface area contributed by atoms with Crippen LogP contribution in [0.3, 0.4) is 0 Å². The fourth-order valence-corrected chi connectivity index (χ4v) is 1.13. The average molecular weight is 210 g/mol. The van der Waals surface area contributed by atoms with E-state index in [1.807, 2.05) is 14.1 Å². The Morgan fingerprint density at radius 1 is 1.23 bits per heavy atom. The van der Waals surface area contributed by atoms with Crippen molar-refractivity contribution in [1.82, 2.24) is 5.32 Å². The van der Waals surface area contributed by atoms with E-state index in [0.29, 0.717) is 10.6 Å². The smallest absolute Gasteiger partial charge is 0.108 e. The molecule has 0 aliphatic heterocycles. The molecule has 0 aromatic carbocycles. The second-order valence-electron chi connectivity index (χ2n) is 3.97. The monoisotopic (exact) mass is 209 g/mol. The summed E-state index contributed by atoms with van der Waals surface area (Å²) >= 11 is 0. The largest absolute Gasteiger partial charge is 1.00 e. The molecule has 13 heavy (non-hydrogen) atoms. The summed E-state index contributed by atoms with van der Waals surface area (Å²) in [6.07, 6.45) is 2.41. The van der Waals surface area contributed by atoms with Crippen LogP contribution in [0.25, 0.3) is 0 Å². The van der Waals surface area contributed by atoms with Gasteiger partial charge in [-0.2, -0.15) is 5.84 Å². The molecule has 0 atom stereocenters. The molecule has 3 nitrogen and oxygen atoms in total. The third-order valence-electron chi connectivity index (χ3n) is 2.11. The van der Waals surface area contributed by atoms with Crippen LogP contribution in [0.15, 0.2) is 0 Å². The molecule has 0 heterocycles. The standard InChI is InChI=1S/C9H24N3.ClH/c1-5-9(6-2)11-7-8-12(3,4)10;/h9,11H,5-8,10H2,1-4H3;1H/q+1;/p-1. The van der Waals surface area contributed by atoms with Crippen molar-refractivity contribution in [2.24, 2.45) is 5.84 Å². The summed E-state index contributed by atoms with van der Waals surface area (Å²) in [7, 11) is 4.02. The molecule has 0 fully saturated rings. The molecule has 82 valence electrons. The molecule has 0 rings (SSSR count). The Morgan fingerprint density at radius 3 is 2.00 bits per heavy atom. The Morgan fingerprint density at radius 2 is 1.69 bits per heavy atom. The summed E-state index contributed by atoms with van der Waals surface area (Å²) in [4.78, 5) is 0. The molecule has 3 N–H and O–H groups in total. The lowest BCUT2D eigenvalue weighted by atomic mass is 10.2. The van der Waals surface area contributed by atoms with Crippen LogP contribution in [0.2, 0.25) is 0 Å². The lowest BCUT2D eigenvalue weighted by Crippen LogP contribution is -3.00. The second-order valence-corrected chi connectivity index (χ2v) is 3.97. The normalized spacial score (nSPS) is 11.5. The number of quaternary nitrogens is 1. The van der Waals surface area contributed by atoms with Gasteiger partial charge < -0.3 is 17.7 Å². The highest BCUT2D eigenvalue weighted by Crippen LogP contribution is 1.95. The Hall–Kier alpha value is 0.170. The van der Waals surface area contributed by atoms with Crippen LogP contribution in [0, 0.1) is 0 Å². The van der Waals surface area contributed by atoms with E-state index in [0.717, 1.165) is 13.1 Å². The summed E-state index contributed by atoms with van der Waals surface area (Å²) in [6.45, 7) is 6.42. The zero-order valence-electron chi connectivity index (χ0n) is 9.31. The third kappa shape index (κ3) is 10.1. The van der Waals surface area contributed by atoms with Gasteiger partial charge in [-0.05, 0) is 12.8 Å². The van der Waals surface area contributed by atoms with E-state index in [9.17, 15) is 0 Å². The Bertz CT molecular complexity index is 108. The molecule has 0 aliphatic rings. The first-order chi connectivity index (χ1) is 5.49. The summed E-state index contributed by atoms with van der Waals surface area (Å²) in [5.74, 6) is 5.80. The van der Waals surface area contributed by atoms with Gasteiger partial charge in [-0.1, -0.05) is 13.8 Å². The summed E-state index contributed by atoms with van der Waals surface area (Å²) in [6, 6.07) is 0.663. The number of likely N-dealkylation sites (N-methyl/N-ethyl adjacent to an activating group) is 1. The molecule has 0 spiro atoms. The molecule has 0 amide bonds. The molecule has 4 heteroatoms. The fraction of sp³-hybridized carbons (Fsp3) is 1.00. The molecule has 0 aliphatic carbocycles. The zero-order chi connectivity index (χ0) is 9.61. The van der Waals surface area contributed by atoms with E-state index < -0.39 is 0 Å². The van der Waals surface area contributed by atoms with Crippen molar-refractivity contribution in [3.05, 3.63) is 0 Å². The number of halogens is 1. The predicted octanol–water partition coefficient (Wildman–Crippen LogP) is -2.28. The molecule has 0 saturated carbocycles. The van der Waals surface area contributed by atoms with Gasteiger partial charge >= 0.3 is 0 Å². The number of nitrogens with zero attached hydrogens (tertiary/aromatic N) is 1. The van der Waals surface area contributed by atoms with E-state index in [-0.39, 0.29) is 12.4 Å². The highest BCUT2D eigenvalue weighted by molar-refractivity contribution is 4.60. The zero-order valence-corrected chi connectivity index (χ0v) is 10.1. The van der Waals surface area contributed by atoms with Gasteiger partial charge in [0, 0.05) is 12.6 Å². The Kier molecular flexibility index (Phi) is 9.09. The minimum absolute atomic E-state index is 0. The van der Waals surface area contributed by atoms with Crippen LogP contribution in [-0.4, -0.2) is 37.8 Å². The number of rotatable bonds is 6. The van der Waals surface area contributed by atoms with Gasteiger partial charge in [-0.3, -0.25) is 4.59 Å². The molecule has 0 saturated heterocycles. The van der Waals surface area contributed by atoms with E-state index in [4.69, 9.17) is 5.84 Å². The first-order valence-corrected chi connectivity index (χ1v) is 4.84. The van der Waals surface area contributed by atoms with E-state index in [1.165, 1.54) is 12.8 Å². The molecule has 0 aromatic rings. The van der Waals surface area contributed by atoms with Crippen molar-refractivity contribution in [1.29, 1.82) is 0 Å². The highest BCUT2D eigenvalue weighted by Gasteiger charge is 2.08. The van der Waals surface area contributed by atoms with Crippen LogP contribution in [0.4, 0.5) is 0 Å². The van der Waals surface area contributed by atoms with Crippen molar-refractivity contribution >= 4 is 0 Å². The minimum Gasteiger partial charge on any atom is -1.00 e. The van der Waals surface area contributed by atoms with Gasteiger partial charge in [0.05, 0.1) is 14.1 Å². The van der Waals surface area contributed by atoms with Gasteiger partial charge in [-0.15, -0.1) is 0 Å². The van der Waals surface area contributed by atoms with Gasteiger partial charge in [0.2, 0.25) is 0 Å². The van der Waals surface area contributed by atoms with E-state index >= 15 is 0 Å². The van der Waals surface area contributed by atoms with Gasteiger partial charge in [0.15, 0.2) is 0 Å². The fourth-order valence-electron chi connectivity index (χ4n) is 1.13. The Labute approximate surface area is 88.6 Å². The molecule has 0 aromatic heterocycles. The Balaban J connectivity index is 0. The van der Waals surface area contributed by atoms with Crippen LogP contribution >= 0.6 is 0 Å². The van der Waals surface area contributed by atoms with Gasteiger partial charge in [-0.25, -0.2) is 0 Å². The average Bonchev–Trinajstić information content (AvgIpc) is 1.96. The van der Waals surface area contributed by atoms with Crippen LogP contribution in [0.5, 0.6) is 0 Å². The highest BCUT2D eigenvalue weighted by atomic mass is 35.5. The summed E-state index contributed by atoms with van der Waals surface area (Å²) in [5.41, 5.74) is 0. The minimum atomic E-state index is 0. The van der Waals surface area contributed by atoms with Gasteiger partial charge in [0.1, 0.15) is 6.54 Å². The maximum absolute atomic E-state index is 5.80. The molecule has 0 radical (unpaired) electrons. The van der Waals surface area contributed by atoms with E-state index in [1.54, 1.807) is 0 Å². The van der Waals surface area contributed by atoms with Crippen molar-refractivity contribution in [3.8, 4) is 0 Å². The van der Waals surface area contributed by atoms with Crippen molar-refractivity contribution in [3.63, 3.8) is 0 Å². The first-order valence-electron chi connectivity index (χ1n) is 4.84. The topological polar surface area (TPSA) is 38.0 Å². The molecular weight excluding hydrogens is 186 g/mol. The summed E-state index contributed by atoms with van der Waals surface area (Å²) in [5, 5.41) is 3.48. The molecular formula is C9H24ClN3. The second kappa shape index (κ2) is 7.56. The molecule has 0 bridgehead atoms. The van der Waals surface area contributed by atoms with E-state index in [2.05, 4.69) is 19.2 Å².